The quantitative estimate of drug-likeness (QED) is 0.827. The van der Waals surface area contributed by atoms with Gasteiger partial charge < -0.3 is 5.73 Å². The van der Waals surface area contributed by atoms with Crippen molar-refractivity contribution in [1.82, 2.24) is 0 Å². The summed E-state index contributed by atoms with van der Waals surface area (Å²) < 4.78 is 62.5. The lowest BCUT2D eigenvalue weighted by atomic mass is 10.0. The van der Waals surface area contributed by atoms with Crippen molar-refractivity contribution < 1.29 is 22.0 Å². The van der Waals surface area contributed by atoms with Gasteiger partial charge in [0.05, 0.1) is 11.9 Å². The number of hydrogen-bond acceptors (Lipinski definition) is 1. The van der Waals surface area contributed by atoms with Crippen molar-refractivity contribution in [1.29, 1.82) is 0 Å². The monoisotopic (exact) mass is 265 g/mol. The number of rotatable bonds is 4. The van der Waals surface area contributed by atoms with Crippen molar-refractivity contribution in [2.75, 3.05) is 6.54 Å². The Morgan fingerprint density at radius 3 is 2.39 bits per heavy atom. The first kappa shape index (κ1) is 14.6. The molecule has 0 atom stereocenters. The predicted octanol–water partition coefficient (Wildman–Crippen LogP) is 3.59. The first-order chi connectivity index (χ1) is 8.36. The van der Waals surface area contributed by atoms with Gasteiger partial charge in [-0.15, -0.1) is 0 Å². The van der Waals surface area contributed by atoms with E-state index in [-0.39, 0.29) is 30.5 Å². The fraction of sp³-hybridized carbons (Fsp3) is 0.333. The smallest absolute Gasteiger partial charge is 0.327 e. The Kier molecular flexibility index (Phi) is 4.84. The molecule has 18 heavy (non-hydrogen) atoms. The van der Waals surface area contributed by atoms with E-state index in [0.717, 1.165) is 12.1 Å². The molecule has 1 nitrogen and oxygen atoms in total. The summed E-state index contributed by atoms with van der Waals surface area (Å²) in [6.07, 6.45) is -4.00. The molecule has 0 fully saturated rings. The van der Waals surface area contributed by atoms with Gasteiger partial charge in [-0.25, -0.2) is 8.78 Å². The van der Waals surface area contributed by atoms with Crippen molar-refractivity contribution in [2.45, 2.75) is 19.0 Å². The highest BCUT2D eigenvalue weighted by molar-refractivity contribution is 5.27. The van der Waals surface area contributed by atoms with Gasteiger partial charge in [0.1, 0.15) is 5.82 Å². The zero-order valence-corrected chi connectivity index (χ0v) is 9.40. The van der Waals surface area contributed by atoms with Gasteiger partial charge in [0.2, 0.25) is 0 Å². The van der Waals surface area contributed by atoms with Crippen LogP contribution in [0.4, 0.5) is 22.0 Å². The molecule has 0 radical (unpaired) electrons. The Morgan fingerprint density at radius 2 is 1.89 bits per heavy atom. The van der Waals surface area contributed by atoms with Crippen LogP contribution in [0.15, 0.2) is 30.1 Å². The summed E-state index contributed by atoms with van der Waals surface area (Å²) in [6, 6.07) is 2.29. The van der Waals surface area contributed by atoms with Crippen LogP contribution in [-0.2, 0) is 12.6 Å². The highest BCUT2D eigenvalue weighted by Crippen LogP contribution is 2.30. The average molecular weight is 265 g/mol. The zero-order chi connectivity index (χ0) is 13.8. The molecule has 0 bridgehead atoms. The van der Waals surface area contributed by atoms with Crippen LogP contribution < -0.4 is 5.73 Å². The molecule has 100 valence electrons. The molecule has 0 aromatic heterocycles. The summed E-state index contributed by atoms with van der Waals surface area (Å²) in [5.41, 5.74) is 4.60. The predicted molar refractivity (Wildman–Crippen MR) is 58.0 cm³/mol. The number of alkyl halides is 3. The van der Waals surface area contributed by atoms with Crippen LogP contribution in [0.5, 0.6) is 0 Å². The van der Waals surface area contributed by atoms with Gasteiger partial charge in [0.15, 0.2) is 0 Å². The number of nitrogens with two attached hydrogens (primary N) is 1. The van der Waals surface area contributed by atoms with Gasteiger partial charge >= 0.3 is 6.18 Å². The van der Waals surface area contributed by atoms with Gasteiger partial charge in [0, 0.05) is 6.54 Å². The van der Waals surface area contributed by atoms with Gasteiger partial charge in [-0.1, -0.05) is 0 Å². The summed E-state index contributed by atoms with van der Waals surface area (Å²) in [5.74, 6) is -0.960. The molecule has 2 N–H and O–H groups in total. The van der Waals surface area contributed by atoms with E-state index < -0.39 is 17.6 Å². The Bertz CT molecular complexity index is 437. The topological polar surface area (TPSA) is 26.0 Å². The molecule has 0 heterocycles. The SMILES string of the molecule is NC/C(=C\F)CCc1cc(F)cc(C(F)(F)F)c1. The zero-order valence-electron chi connectivity index (χ0n) is 9.40. The summed E-state index contributed by atoms with van der Waals surface area (Å²) in [5, 5.41) is 0. The number of halogens is 5. The van der Waals surface area contributed by atoms with Crippen molar-refractivity contribution in [3.05, 3.63) is 47.0 Å². The van der Waals surface area contributed by atoms with E-state index in [0.29, 0.717) is 12.4 Å². The first-order valence-electron chi connectivity index (χ1n) is 5.21. The highest BCUT2D eigenvalue weighted by Gasteiger charge is 2.31. The number of aryl methyl sites for hydroxylation is 1. The van der Waals surface area contributed by atoms with Crippen LogP contribution in [0.3, 0.4) is 0 Å². The molecule has 0 spiro atoms. The van der Waals surface area contributed by atoms with E-state index in [9.17, 15) is 22.0 Å². The molecule has 6 heteroatoms. The molecule has 1 aromatic carbocycles. The minimum absolute atomic E-state index is 0.0159. The standard InChI is InChI=1S/C12H12F5N/c13-6-9(7-18)2-1-8-3-10(12(15,16)17)5-11(14)4-8/h3-6H,1-2,7,18H2/b9-6-. The largest absolute Gasteiger partial charge is 0.416 e. The summed E-state index contributed by atoms with van der Waals surface area (Å²) in [4.78, 5) is 0. The molecule has 0 aliphatic rings. The third-order valence-corrected chi connectivity index (χ3v) is 2.44. The van der Waals surface area contributed by atoms with Crippen molar-refractivity contribution in [2.24, 2.45) is 5.73 Å². The molecule has 0 unspecified atom stereocenters. The third-order valence-electron chi connectivity index (χ3n) is 2.44. The van der Waals surface area contributed by atoms with E-state index >= 15 is 0 Å². The van der Waals surface area contributed by atoms with E-state index in [1.54, 1.807) is 0 Å². The first-order valence-corrected chi connectivity index (χ1v) is 5.21. The maximum Gasteiger partial charge on any atom is 0.416 e. The number of benzene rings is 1. The molecule has 0 amide bonds. The molecule has 0 aliphatic heterocycles. The fourth-order valence-corrected chi connectivity index (χ4v) is 1.46. The maximum atomic E-state index is 13.0. The molecular formula is C12H12F5N. The fourth-order valence-electron chi connectivity index (χ4n) is 1.46. The molecular weight excluding hydrogens is 253 g/mol. The van der Waals surface area contributed by atoms with Crippen molar-refractivity contribution in [3.8, 4) is 0 Å². The van der Waals surface area contributed by atoms with Gasteiger partial charge in [-0.2, -0.15) is 13.2 Å². The number of hydrogen-bond donors (Lipinski definition) is 1. The Hall–Kier alpha value is -1.43. The minimum Gasteiger partial charge on any atom is -0.327 e. The lowest BCUT2D eigenvalue weighted by Gasteiger charge is -2.09. The summed E-state index contributed by atoms with van der Waals surface area (Å²) in [7, 11) is 0. The minimum atomic E-state index is -4.59. The van der Waals surface area contributed by atoms with Gasteiger partial charge in [0.25, 0.3) is 0 Å². The van der Waals surface area contributed by atoms with E-state index in [1.165, 1.54) is 0 Å². The van der Waals surface area contributed by atoms with Gasteiger partial charge in [-0.05, 0) is 42.2 Å². The van der Waals surface area contributed by atoms with E-state index in [1.807, 2.05) is 0 Å². The molecule has 1 rings (SSSR count). The Balaban J connectivity index is 2.87. The highest BCUT2D eigenvalue weighted by atomic mass is 19.4. The van der Waals surface area contributed by atoms with Crippen LogP contribution in [0.25, 0.3) is 0 Å². The molecule has 1 aromatic rings. The molecule has 0 saturated heterocycles. The lowest BCUT2D eigenvalue weighted by Crippen LogP contribution is -2.07. The Morgan fingerprint density at radius 1 is 1.22 bits per heavy atom. The van der Waals surface area contributed by atoms with Crippen LogP contribution in [0.2, 0.25) is 0 Å². The van der Waals surface area contributed by atoms with Crippen LogP contribution in [0.1, 0.15) is 17.5 Å². The van der Waals surface area contributed by atoms with Crippen molar-refractivity contribution >= 4 is 0 Å². The normalized spacial score (nSPS) is 12.9. The van der Waals surface area contributed by atoms with Gasteiger partial charge in [-0.3, -0.25) is 0 Å². The van der Waals surface area contributed by atoms with Crippen molar-refractivity contribution in [3.63, 3.8) is 0 Å². The third kappa shape index (κ3) is 4.10. The molecule has 0 saturated carbocycles. The Labute approximate surface area is 101 Å². The second kappa shape index (κ2) is 5.95. The average Bonchev–Trinajstić information content (AvgIpc) is 2.28. The summed E-state index contributed by atoms with van der Waals surface area (Å²) >= 11 is 0. The van der Waals surface area contributed by atoms with Crippen LogP contribution >= 0.6 is 0 Å². The van der Waals surface area contributed by atoms with E-state index in [2.05, 4.69) is 0 Å². The second-order valence-electron chi connectivity index (χ2n) is 3.82. The van der Waals surface area contributed by atoms with Crippen LogP contribution in [0, 0.1) is 5.82 Å². The van der Waals surface area contributed by atoms with E-state index in [4.69, 9.17) is 5.73 Å². The maximum absolute atomic E-state index is 13.0. The lowest BCUT2D eigenvalue weighted by molar-refractivity contribution is -0.137. The molecule has 0 aliphatic carbocycles. The van der Waals surface area contributed by atoms with Crippen LogP contribution in [-0.4, -0.2) is 6.54 Å². The summed E-state index contributed by atoms with van der Waals surface area (Å²) in [6.45, 7) is -0.0159. The second-order valence-corrected chi connectivity index (χ2v) is 3.82.